The standard InChI is InChI=1S/C25H28N6O/c32-19-12-10-17(11-13-19)24(25-27-28-29-31(25)18-6-2-1-3-7-18)30-15-14-21-20-8-4-5-9-22(20)26-23(21)16-30/h4-5,8-13,18,24,26,32H,1-3,6-7,14-16H2. The van der Waals surface area contributed by atoms with Crippen molar-refractivity contribution in [3.8, 4) is 5.75 Å². The maximum atomic E-state index is 9.88. The molecule has 0 amide bonds. The molecule has 6 rings (SSSR count). The molecular weight excluding hydrogens is 400 g/mol. The Hall–Kier alpha value is -3.19. The van der Waals surface area contributed by atoms with Gasteiger partial charge in [-0.3, -0.25) is 4.90 Å². The monoisotopic (exact) mass is 428 g/mol. The van der Waals surface area contributed by atoms with E-state index in [4.69, 9.17) is 0 Å². The van der Waals surface area contributed by atoms with Crippen LogP contribution < -0.4 is 0 Å². The quantitative estimate of drug-likeness (QED) is 0.500. The first-order valence-electron chi connectivity index (χ1n) is 11.7. The molecule has 1 unspecified atom stereocenters. The molecule has 3 heterocycles. The van der Waals surface area contributed by atoms with Gasteiger partial charge in [-0.1, -0.05) is 49.6 Å². The number of phenolic OH excluding ortho intramolecular Hbond substituents is 1. The zero-order valence-corrected chi connectivity index (χ0v) is 18.1. The molecule has 0 radical (unpaired) electrons. The van der Waals surface area contributed by atoms with Crippen molar-refractivity contribution >= 4 is 10.9 Å². The van der Waals surface area contributed by atoms with Gasteiger partial charge >= 0.3 is 0 Å². The van der Waals surface area contributed by atoms with Gasteiger partial charge in [-0.15, -0.1) is 5.10 Å². The number of nitrogens with one attached hydrogen (secondary N) is 1. The second kappa shape index (κ2) is 8.06. The van der Waals surface area contributed by atoms with Crippen LogP contribution in [0.5, 0.6) is 5.75 Å². The third kappa shape index (κ3) is 3.37. The molecule has 0 spiro atoms. The summed E-state index contributed by atoms with van der Waals surface area (Å²) in [6, 6.07) is 16.4. The van der Waals surface area contributed by atoms with Crippen LogP contribution >= 0.6 is 0 Å². The number of fused-ring (bicyclic) bond motifs is 3. The van der Waals surface area contributed by atoms with E-state index in [2.05, 4.69) is 54.4 Å². The molecule has 0 bridgehead atoms. The summed E-state index contributed by atoms with van der Waals surface area (Å²) < 4.78 is 2.08. The SMILES string of the molecule is Oc1ccc(C(c2nnnn2C2CCCCC2)N2CCc3c([nH]c4ccccc34)C2)cc1. The number of para-hydroxylation sites is 1. The number of phenols is 1. The van der Waals surface area contributed by atoms with Gasteiger partial charge in [0.2, 0.25) is 0 Å². The van der Waals surface area contributed by atoms with Gasteiger partial charge in [-0.05, 0) is 59.0 Å². The van der Waals surface area contributed by atoms with Crippen LogP contribution in [0.3, 0.4) is 0 Å². The molecule has 1 fully saturated rings. The summed E-state index contributed by atoms with van der Waals surface area (Å²) in [6.07, 6.45) is 7.01. The van der Waals surface area contributed by atoms with Gasteiger partial charge in [0.15, 0.2) is 5.82 Å². The average Bonchev–Trinajstić information content (AvgIpc) is 3.46. The number of rotatable bonds is 4. The number of benzene rings is 2. The summed E-state index contributed by atoms with van der Waals surface area (Å²) >= 11 is 0. The molecule has 0 saturated heterocycles. The highest BCUT2D eigenvalue weighted by molar-refractivity contribution is 5.84. The molecule has 2 N–H and O–H groups in total. The third-order valence-electron chi connectivity index (χ3n) is 7.17. The van der Waals surface area contributed by atoms with Gasteiger partial charge in [0.05, 0.1) is 12.1 Å². The molecule has 7 nitrogen and oxygen atoms in total. The number of H-pyrrole nitrogens is 1. The van der Waals surface area contributed by atoms with Crippen LogP contribution in [0.25, 0.3) is 10.9 Å². The van der Waals surface area contributed by atoms with E-state index in [1.54, 1.807) is 12.1 Å². The molecule has 2 aliphatic rings. The van der Waals surface area contributed by atoms with E-state index in [0.29, 0.717) is 6.04 Å². The van der Waals surface area contributed by atoms with E-state index in [-0.39, 0.29) is 11.8 Å². The molecule has 7 heteroatoms. The van der Waals surface area contributed by atoms with Gasteiger partial charge < -0.3 is 10.1 Å². The van der Waals surface area contributed by atoms with E-state index < -0.39 is 0 Å². The molecular formula is C25H28N6O. The van der Waals surface area contributed by atoms with Crippen LogP contribution in [0, 0.1) is 0 Å². The van der Waals surface area contributed by atoms with Crippen molar-refractivity contribution < 1.29 is 5.11 Å². The number of tetrazole rings is 1. The molecule has 4 aromatic rings. The zero-order valence-electron chi connectivity index (χ0n) is 18.1. The third-order valence-corrected chi connectivity index (χ3v) is 7.17. The number of hydrogen-bond donors (Lipinski definition) is 2. The van der Waals surface area contributed by atoms with Crippen LogP contribution in [-0.2, 0) is 13.0 Å². The maximum absolute atomic E-state index is 9.88. The fraction of sp³-hybridized carbons (Fsp3) is 0.400. The molecule has 2 aromatic heterocycles. The van der Waals surface area contributed by atoms with Gasteiger partial charge in [-0.25, -0.2) is 4.68 Å². The largest absolute Gasteiger partial charge is 0.508 e. The summed E-state index contributed by atoms with van der Waals surface area (Å²) in [4.78, 5) is 6.11. The molecule has 1 saturated carbocycles. The van der Waals surface area contributed by atoms with Crippen LogP contribution in [0.4, 0.5) is 0 Å². The van der Waals surface area contributed by atoms with E-state index in [1.165, 1.54) is 41.4 Å². The number of aromatic nitrogens is 5. The lowest BCUT2D eigenvalue weighted by Crippen LogP contribution is -2.36. The first kappa shape index (κ1) is 19.5. The highest BCUT2D eigenvalue weighted by atomic mass is 16.3. The summed E-state index contributed by atoms with van der Waals surface area (Å²) in [5.74, 6) is 1.18. The summed E-state index contributed by atoms with van der Waals surface area (Å²) in [7, 11) is 0. The van der Waals surface area contributed by atoms with Crippen molar-refractivity contribution in [3.63, 3.8) is 0 Å². The average molecular weight is 429 g/mol. The van der Waals surface area contributed by atoms with Crippen molar-refractivity contribution in [2.75, 3.05) is 6.54 Å². The van der Waals surface area contributed by atoms with Crippen molar-refractivity contribution in [1.29, 1.82) is 0 Å². The number of hydrogen-bond acceptors (Lipinski definition) is 5. The topological polar surface area (TPSA) is 82.9 Å². The molecule has 32 heavy (non-hydrogen) atoms. The molecule has 1 aliphatic carbocycles. The fourth-order valence-corrected chi connectivity index (χ4v) is 5.58. The number of nitrogens with zero attached hydrogens (tertiary/aromatic N) is 5. The van der Waals surface area contributed by atoms with E-state index in [1.807, 2.05) is 12.1 Å². The highest BCUT2D eigenvalue weighted by Crippen LogP contribution is 2.37. The Morgan fingerprint density at radius 2 is 1.81 bits per heavy atom. The number of aromatic amines is 1. The van der Waals surface area contributed by atoms with Crippen molar-refractivity contribution in [2.45, 2.75) is 57.2 Å². The van der Waals surface area contributed by atoms with E-state index in [9.17, 15) is 5.11 Å². The molecule has 2 aromatic carbocycles. The predicted molar refractivity (Wildman–Crippen MR) is 122 cm³/mol. The highest BCUT2D eigenvalue weighted by Gasteiger charge is 2.33. The van der Waals surface area contributed by atoms with E-state index in [0.717, 1.165) is 43.7 Å². The van der Waals surface area contributed by atoms with Gasteiger partial charge in [0.1, 0.15) is 5.75 Å². The Morgan fingerprint density at radius 1 is 1.00 bits per heavy atom. The van der Waals surface area contributed by atoms with Crippen molar-refractivity contribution in [2.24, 2.45) is 0 Å². The molecule has 1 atom stereocenters. The van der Waals surface area contributed by atoms with Crippen LogP contribution in [0.1, 0.15) is 66.8 Å². The van der Waals surface area contributed by atoms with Gasteiger partial charge in [-0.2, -0.15) is 0 Å². The lowest BCUT2D eigenvalue weighted by molar-refractivity contribution is 0.186. The Labute approximate surface area is 187 Å². The Bertz CT molecular complexity index is 1220. The smallest absolute Gasteiger partial charge is 0.173 e. The normalized spacial score (nSPS) is 18.6. The first-order valence-corrected chi connectivity index (χ1v) is 11.7. The zero-order chi connectivity index (χ0) is 21.5. The minimum absolute atomic E-state index is 0.0629. The number of aromatic hydroxyl groups is 1. The summed E-state index contributed by atoms with van der Waals surface area (Å²) in [6.45, 7) is 1.74. The van der Waals surface area contributed by atoms with Crippen LogP contribution in [0.2, 0.25) is 0 Å². The minimum atomic E-state index is -0.0629. The van der Waals surface area contributed by atoms with Crippen LogP contribution in [0.15, 0.2) is 48.5 Å². The summed E-state index contributed by atoms with van der Waals surface area (Å²) in [5.41, 5.74) is 5.01. The lowest BCUT2D eigenvalue weighted by atomic mass is 9.94. The Balaban J connectivity index is 1.40. The lowest BCUT2D eigenvalue weighted by Gasteiger charge is -2.35. The maximum Gasteiger partial charge on any atom is 0.173 e. The summed E-state index contributed by atoms with van der Waals surface area (Å²) in [5, 5.41) is 24.3. The van der Waals surface area contributed by atoms with Crippen LogP contribution in [-0.4, -0.2) is 41.7 Å². The van der Waals surface area contributed by atoms with Gasteiger partial charge in [0, 0.05) is 29.7 Å². The second-order valence-corrected chi connectivity index (χ2v) is 9.12. The Morgan fingerprint density at radius 3 is 2.66 bits per heavy atom. The van der Waals surface area contributed by atoms with E-state index >= 15 is 0 Å². The first-order chi connectivity index (χ1) is 15.8. The minimum Gasteiger partial charge on any atom is -0.508 e. The van der Waals surface area contributed by atoms with Crippen molar-refractivity contribution in [1.82, 2.24) is 30.1 Å². The van der Waals surface area contributed by atoms with Gasteiger partial charge in [0.25, 0.3) is 0 Å². The predicted octanol–water partition coefficient (Wildman–Crippen LogP) is 4.51. The fourth-order valence-electron chi connectivity index (χ4n) is 5.58. The second-order valence-electron chi connectivity index (χ2n) is 9.12. The van der Waals surface area contributed by atoms with Crippen molar-refractivity contribution in [3.05, 3.63) is 71.2 Å². The molecule has 164 valence electrons. The molecule has 1 aliphatic heterocycles. The Kier molecular flexibility index (Phi) is 4.91.